The van der Waals surface area contributed by atoms with Crippen LogP contribution in [-0.4, -0.2) is 20.5 Å². The number of Topliss-reactive ketones (excluding diaryl/α,β-unsaturated/α-hetero) is 1. The second-order valence-corrected chi connectivity index (χ2v) is 5.04. The van der Waals surface area contributed by atoms with Crippen LogP contribution in [0.15, 0.2) is 36.7 Å². The molecule has 0 unspecified atom stereocenters. The van der Waals surface area contributed by atoms with Crippen LogP contribution in [0.5, 0.6) is 0 Å². The molecule has 1 saturated carbocycles. The summed E-state index contributed by atoms with van der Waals surface area (Å²) in [4.78, 5) is 16.1. The maximum atomic E-state index is 12.0. The number of hydrogen-bond donors (Lipinski definition) is 0. The summed E-state index contributed by atoms with van der Waals surface area (Å²) >= 11 is 0. The van der Waals surface area contributed by atoms with Crippen LogP contribution in [0.3, 0.4) is 0 Å². The predicted molar refractivity (Wildman–Crippen MR) is 72.0 cm³/mol. The molecular formula is C15H17N3O. The van der Waals surface area contributed by atoms with Crippen molar-refractivity contribution in [3.05, 3.63) is 48.0 Å². The number of hydrogen-bond acceptors (Lipinski definition) is 3. The Bertz CT molecular complexity index is 556. The highest BCUT2D eigenvalue weighted by Crippen LogP contribution is 2.28. The fourth-order valence-electron chi connectivity index (χ4n) is 2.63. The van der Waals surface area contributed by atoms with Gasteiger partial charge in [-0.2, -0.15) is 5.10 Å². The Morgan fingerprint density at radius 1 is 1.26 bits per heavy atom. The van der Waals surface area contributed by atoms with E-state index in [1.165, 1.54) is 25.7 Å². The highest BCUT2D eigenvalue weighted by molar-refractivity contribution is 5.95. The van der Waals surface area contributed by atoms with Crippen molar-refractivity contribution in [1.82, 2.24) is 14.8 Å². The first-order chi connectivity index (χ1) is 9.33. The SMILES string of the molecule is O=C(Cc1ccn(C2CCCC2)n1)c1ccccn1. The first-order valence-corrected chi connectivity index (χ1v) is 6.81. The van der Waals surface area contributed by atoms with Gasteiger partial charge < -0.3 is 0 Å². The number of nitrogens with zero attached hydrogens (tertiary/aromatic N) is 3. The normalized spacial score (nSPS) is 15.8. The van der Waals surface area contributed by atoms with Gasteiger partial charge in [0.15, 0.2) is 5.78 Å². The van der Waals surface area contributed by atoms with E-state index in [1.54, 1.807) is 12.3 Å². The molecule has 3 rings (SSSR count). The summed E-state index contributed by atoms with van der Waals surface area (Å²) in [5, 5.41) is 4.53. The number of aromatic nitrogens is 3. The molecule has 0 amide bonds. The summed E-state index contributed by atoms with van der Waals surface area (Å²) in [5.74, 6) is 0.0253. The molecular weight excluding hydrogens is 238 g/mol. The third-order valence-corrected chi connectivity index (χ3v) is 3.65. The molecule has 2 aromatic heterocycles. The van der Waals surface area contributed by atoms with E-state index in [0.29, 0.717) is 18.2 Å². The molecule has 1 aliphatic rings. The number of pyridine rings is 1. The minimum Gasteiger partial charge on any atom is -0.292 e. The quantitative estimate of drug-likeness (QED) is 0.789. The van der Waals surface area contributed by atoms with E-state index in [2.05, 4.69) is 10.1 Å². The molecule has 0 atom stereocenters. The Balaban J connectivity index is 1.68. The molecule has 0 aliphatic heterocycles. The zero-order valence-electron chi connectivity index (χ0n) is 10.8. The maximum Gasteiger partial charge on any atom is 0.187 e. The van der Waals surface area contributed by atoms with E-state index in [0.717, 1.165) is 5.69 Å². The van der Waals surface area contributed by atoms with Crippen LogP contribution in [0.25, 0.3) is 0 Å². The summed E-state index contributed by atoms with van der Waals surface area (Å²) in [5.41, 5.74) is 1.35. The zero-order valence-corrected chi connectivity index (χ0v) is 10.8. The molecule has 4 heteroatoms. The molecule has 2 aromatic rings. The Morgan fingerprint density at radius 2 is 2.11 bits per heavy atom. The molecule has 1 aliphatic carbocycles. The van der Waals surface area contributed by atoms with Crippen LogP contribution < -0.4 is 0 Å². The van der Waals surface area contributed by atoms with E-state index in [-0.39, 0.29) is 5.78 Å². The Labute approximate surface area is 112 Å². The van der Waals surface area contributed by atoms with Gasteiger partial charge in [0.2, 0.25) is 0 Å². The number of carbonyl (C=O) groups is 1. The van der Waals surface area contributed by atoms with Crippen molar-refractivity contribution in [2.24, 2.45) is 0 Å². The number of carbonyl (C=O) groups excluding carboxylic acids is 1. The average molecular weight is 255 g/mol. The van der Waals surface area contributed by atoms with E-state index in [4.69, 9.17) is 0 Å². The molecule has 0 N–H and O–H groups in total. The fourth-order valence-corrected chi connectivity index (χ4v) is 2.63. The van der Waals surface area contributed by atoms with Crippen molar-refractivity contribution in [1.29, 1.82) is 0 Å². The lowest BCUT2D eigenvalue weighted by atomic mass is 10.1. The molecule has 0 aromatic carbocycles. The molecule has 4 nitrogen and oxygen atoms in total. The van der Waals surface area contributed by atoms with Crippen molar-refractivity contribution >= 4 is 5.78 Å². The molecule has 19 heavy (non-hydrogen) atoms. The van der Waals surface area contributed by atoms with Crippen LogP contribution in [0.2, 0.25) is 0 Å². The lowest BCUT2D eigenvalue weighted by molar-refractivity contribution is 0.0987. The lowest BCUT2D eigenvalue weighted by Crippen LogP contribution is -2.09. The smallest absolute Gasteiger partial charge is 0.187 e. The molecule has 0 bridgehead atoms. The zero-order chi connectivity index (χ0) is 13.1. The minimum absolute atomic E-state index is 0.0253. The minimum atomic E-state index is 0.0253. The van der Waals surface area contributed by atoms with Crippen LogP contribution in [0, 0.1) is 0 Å². The lowest BCUT2D eigenvalue weighted by Gasteiger charge is -2.08. The maximum absolute atomic E-state index is 12.0. The average Bonchev–Trinajstić information content (AvgIpc) is 3.10. The van der Waals surface area contributed by atoms with E-state index in [9.17, 15) is 4.79 Å². The van der Waals surface area contributed by atoms with Crippen LogP contribution in [0.4, 0.5) is 0 Å². The summed E-state index contributed by atoms with van der Waals surface area (Å²) < 4.78 is 2.02. The molecule has 2 heterocycles. The molecule has 0 saturated heterocycles. The van der Waals surface area contributed by atoms with Crippen molar-refractivity contribution in [3.63, 3.8) is 0 Å². The van der Waals surface area contributed by atoms with Gasteiger partial charge in [0.25, 0.3) is 0 Å². The van der Waals surface area contributed by atoms with Gasteiger partial charge in [-0.1, -0.05) is 18.9 Å². The fraction of sp³-hybridized carbons (Fsp3) is 0.400. The van der Waals surface area contributed by atoms with Crippen molar-refractivity contribution in [2.45, 2.75) is 38.1 Å². The molecule has 1 fully saturated rings. The van der Waals surface area contributed by atoms with Crippen molar-refractivity contribution in [2.75, 3.05) is 0 Å². The highest BCUT2D eigenvalue weighted by atomic mass is 16.1. The monoisotopic (exact) mass is 255 g/mol. The van der Waals surface area contributed by atoms with Gasteiger partial charge in [-0.15, -0.1) is 0 Å². The molecule has 0 radical (unpaired) electrons. The van der Waals surface area contributed by atoms with Crippen LogP contribution in [0.1, 0.15) is 47.9 Å². The highest BCUT2D eigenvalue weighted by Gasteiger charge is 2.18. The third kappa shape index (κ3) is 2.72. The standard InChI is InChI=1S/C15H17N3O/c19-15(14-7-3-4-9-16-14)11-12-8-10-18(17-12)13-5-1-2-6-13/h3-4,7-10,13H,1-2,5-6,11H2. The summed E-state index contributed by atoms with van der Waals surface area (Å²) in [7, 11) is 0. The van der Waals surface area contributed by atoms with Gasteiger partial charge in [0.1, 0.15) is 5.69 Å². The van der Waals surface area contributed by atoms with Crippen molar-refractivity contribution in [3.8, 4) is 0 Å². The first kappa shape index (κ1) is 12.1. The van der Waals surface area contributed by atoms with E-state index >= 15 is 0 Å². The number of ketones is 1. The van der Waals surface area contributed by atoms with Crippen LogP contribution in [-0.2, 0) is 6.42 Å². The Kier molecular flexibility index (Phi) is 3.40. The van der Waals surface area contributed by atoms with Gasteiger partial charge in [-0.05, 0) is 31.0 Å². The van der Waals surface area contributed by atoms with E-state index < -0.39 is 0 Å². The van der Waals surface area contributed by atoms with Gasteiger partial charge in [0.05, 0.1) is 18.2 Å². The summed E-state index contributed by atoms with van der Waals surface area (Å²) in [6.07, 6.45) is 8.95. The van der Waals surface area contributed by atoms with Gasteiger partial charge >= 0.3 is 0 Å². The first-order valence-electron chi connectivity index (χ1n) is 6.81. The van der Waals surface area contributed by atoms with Gasteiger partial charge in [0, 0.05) is 12.4 Å². The summed E-state index contributed by atoms with van der Waals surface area (Å²) in [6.45, 7) is 0. The predicted octanol–water partition coefficient (Wildman–Crippen LogP) is 2.82. The van der Waals surface area contributed by atoms with E-state index in [1.807, 2.05) is 29.1 Å². The molecule has 98 valence electrons. The second-order valence-electron chi connectivity index (χ2n) is 5.04. The number of rotatable bonds is 4. The second kappa shape index (κ2) is 5.34. The van der Waals surface area contributed by atoms with Crippen LogP contribution >= 0.6 is 0 Å². The largest absolute Gasteiger partial charge is 0.292 e. The summed E-state index contributed by atoms with van der Waals surface area (Å²) in [6, 6.07) is 7.86. The molecule has 0 spiro atoms. The van der Waals surface area contributed by atoms with Gasteiger partial charge in [-0.3, -0.25) is 14.5 Å². The third-order valence-electron chi connectivity index (χ3n) is 3.65. The Hall–Kier alpha value is -1.97. The van der Waals surface area contributed by atoms with Crippen molar-refractivity contribution < 1.29 is 4.79 Å². The Morgan fingerprint density at radius 3 is 2.84 bits per heavy atom. The van der Waals surface area contributed by atoms with Gasteiger partial charge in [-0.25, -0.2) is 0 Å². The topological polar surface area (TPSA) is 47.8 Å².